The van der Waals surface area contributed by atoms with Crippen molar-refractivity contribution in [1.29, 1.82) is 0 Å². The first-order valence-electron chi connectivity index (χ1n) is 5.82. The van der Waals surface area contributed by atoms with Crippen LogP contribution in [-0.4, -0.2) is 51.9 Å². The summed E-state index contributed by atoms with van der Waals surface area (Å²) >= 11 is 7.10. The Morgan fingerprint density at radius 3 is 3.11 bits per heavy atom. The summed E-state index contributed by atoms with van der Waals surface area (Å²) in [4.78, 5) is 8.85. The van der Waals surface area contributed by atoms with Crippen LogP contribution in [0.2, 0.25) is 0 Å². The van der Waals surface area contributed by atoms with E-state index in [0.29, 0.717) is 0 Å². The van der Waals surface area contributed by atoms with E-state index in [9.17, 15) is 0 Å². The highest BCUT2D eigenvalue weighted by atomic mass is 32.2. The number of methoxy groups -OCH3 is 1. The van der Waals surface area contributed by atoms with Gasteiger partial charge in [0.05, 0.1) is 31.4 Å². The topological polar surface area (TPSA) is 28.6 Å². The van der Waals surface area contributed by atoms with E-state index in [0.717, 1.165) is 42.3 Å². The van der Waals surface area contributed by atoms with E-state index >= 15 is 0 Å². The fourth-order valence-electron chi connectivity index (χ4n) is 1.74. The summed E-state index contributed by atoms with van der Waals surface area (Å²) in [7, 11) is 1.73. The van der Waals surface area contributed by atoms with Crippen LogP contribution in [0.3, 0.4) is 0 Å². The Morgan fingerprint density at radius 2 is 2.39 bits per heavy atom. The lowest BCUT2D eigenvalue weighted by atomic mass is 10.3. The van der Waals surface area contributed by atoms with Crippen LogP contribution >= 0.6 is 24.0 Å². The van der Waals surface area contributed by atoms with Crippen molar-refractivity contribution in [3.8, 4) is 0 Å². The average molecular weight is 283 g/mol. The van der Waals surface area contributed by atoms with Crippen molar-refractivity contribution in [2.24, 2.45) is 0 Å². The predicted molar refractivity (Wildman–Crippen MR) is 78.3 cm³/mol. The average Bonchev–Trinajstić information content (AvgIpc) is 2.41. The van der Waals surface area contributed by atoms with E-state index < -0.39 is 0 Å². The van der Waals surface area contributed by atoms with Gasteiger partial charge in [-0.2, -0.15) is 0 Å². The molecule has 1 aliphatic rings. The molecule has 0 amide bonds. The van der Waals surface area contributed by atoms with Gasteiger partial charge in [0.15, 0.2) is 0 Å². The smallest absolute Gasteiger partial charge is 0.139 e. The number of aromatic nitrogens is 1. The van der Waals surface area contributed by atoms with E-state index in [2.05, 4.69) is 14.8 Å². The molecule has 4 nitrogen and oxygen atoms in total. The molecule has 2 heterocycles. The Kier molecular flexibility index (Phi) is 5.37. The van der Waals surface area contributed by atoms with E-state index in [-0.39, 0.29) is 0 Å². The van der Waals surface area contributed by atoms with Crippen molar-refractivity contribution in [3.63, 3.8) is 0 Å². The van der Waals surface area contributed by atoms with Gasteiger partial charge < -0.3 is 9.64 Å². The Morgan fingerprint density at radius 1 is 1.50 bits per heavy atom. The summed E-state index contributed by atoms with van der Waals surface area (Å²) < 4.78 is 6.06. The molecule has 1 aromatic rings. The molecule has 0 aliphatic carbocycles. The van der Waals surface area contributed by atoms with E-state index in [1.165, 1.54) is 0 Å². The molecule has 1 fully saturated rings. The van der Waals surface area contributed by atoms with Crippen molar-refractivity contribution in [2.75, 3.05) is 32.8 Å². The van der Waals surface area contributed by atoms with Gasteiger partial charge in [-0.05, 0) is 12.1 Å². The molecule has 1 aromatic heterocycles. The number of pyridine rings is 1. The molecule has 0 atom stereocenters. The Hall–Kier alpha value is -0.690. The van der Waals surface area contributed by atoms with Crippen LogP contribution in [0.4, 0.5) is 0 Å². The fourth-order valence-corrected chi connectivity index (χ4v) is 2.82. The van der Waals surface area contributed by atoms with Gasteiger partial charge in [0.1, 0.15) is 4.32 Å². The Balaban J connectivity index is 1.91. The zero-order valence-electron chi connectivity index (χ0n) is 10.4. The molecule has 0 bridgehead atoms. The second kappa shape index (κ2) is 7.04. The molecule has 1 saturated heterocycles. The first-order chi connectivity index (χ1) is 8.79. The highest BCUT2D eigenvalue weighted by Crippen LogP contribution is 2.20. The van der Waals surface area contributed by atoms with Gasteiger partial charge in [0.2, 0.25) is 0 Å². The fraction of sp³-hybridized carbons (Fsp3) is 0.500. The van der Waals surface area contributed by atoms with Crippen molar-refractivity contribution >= 4 is 28.3 Å². The highest BCUT2D eigenvalue weighted by Gasteiger charge is 2.21. The van der Waals surface area contributed by atoms with Gasteiger partial charge in [-0.1, -0.05) is 30.0 Å². The van der Waals surface area contributed by atoms with Gasteiger partial charge in [0.25, 0.3) is 0 Å². The summed E-state index contributed by atoms with van der Waals surface area (Å²) in [5, 5.41) is 0. The number of nitrogens with zero attached hydrogens (tertiary/aromatic N) is 3. The zero-order chi connectivity index (χ0) is 12.8. The number of hydrogen-bond acceptors (Lipinski definition) is 5. The summed E-state index contributed by atoms with van der Waals surface area (Å²) in [6.07, 6.45) is 1.82. The standard InChI is InChI=1S/C12H17N3OS2/c1-16-7-6-14-9-15(12(17)18-10-14)8-11-4-2-3-5-13-11/h2-5H,6-10H2,1H3. The second-order valence-electron chi connectivity index (χ2n) is 4.09. The third-order valence-electron chi connectivity index (χ3n) is 2.69. The number of rotatable bonds is 5. The summed E-state index contributed by atoms with van der Waals surface area (Å²) in [6.45, 7) is 3.32. The van der Waals surface area contributed by atoms with E-state index in [1.807, 2.05) is 24.4 Å². The first-order valence-corrected chi connectivity index (χ1v) is 7.22. The summed E-state index contributed by atoms with van der Waals surface area (Å²) in [5.41, 5.74) is 1.05. The zero-order valence-corrected chi connectivity index (χ0v) is 12.0. The number of thiocarbonyl (C=S) groups is 1. The van der Waals surface area contributed by atoms with Gasteiger partial charge in [-0.25, -0.2) is 0 Å². The molecule has 2 rings (SSSR count). The van der Waals surface area contributed by atoms with Crippen LogP contribution in [-0.2, 0) is 11.3 Å². The summed E-state index contributed by atoms with van der Waals surface area (Å²) in [6, 6.07) is 5.96. The number of thioether (sulfide) groups is 1. The van der Waals surface area contributed by atoms with E-state index in [4.69, 9.17) is 17.0 Å². The van der Waals surface area contributed by atoms with E-state index in [1.54, 1.807) is 18.9 Å². The molecule has 98 valence electrons. The normalized spacial score (nSPS) is 17.2. The maximum atomic E-state index is 5.39. The first kappa shape index (κ1) is 13.7. The third kappa shape index (κ3) is 3.91. The minimum Gasteiger partial charge on any atom is -0.383 e. The maximum absolute atomic E-state index is 5.39. The van der Waals surface area contributed by atoms with Crippen molar-refractivity contribution in [3.05, 3.63) is 30.1 Å². The van der Waals surface area contributed by atoms with Crippen molar-refractivity contribution in [2.45, 2.75) is 6.54 Å². The van der Waals surface area contributed by atoms with Crippen LogP contribution < -0.4 is 0 Å². The second-order valence-corrected chi connectivity index (χ2v) is 5.67. The molecule has 0 saturated carbocycles. The Labute approximate surface area is 117 Å². The molecule has 0 spiro atoms. The highest BCUT2D eigenvalue weighted by molar-refractivity contribution is 8.22. The third-order valence-corrected chi connectivity index (χ3v) is 4.30. The molecular formula is C12H17N3OS2. The Bertz CT molecular complexity index is 388. The minimum absolute atomic E-state index is 0.755. The van der Waals surface area contributed by atoms with Crippen molar-refractivity contribution in [1.82, 2.24) is 14.8 Å². The molecule has 18 heavy (non-hydrogen) atoms. The molecule has 0 unspecified atom stereocenters. The van der Waals surface area contributed by atoms with Gasteiger partial charge >= 0.3 is 0 Å². The van der Waals surface area contributed by atoms with Crippen LogP contribution in [0.5, 0.6) is 0 Å². The van der Waals surface area contributed by atoms with Crippen molar-refractivity contribution < 1.29 is 4.74 Å². The predicted octanol–water partition coefficient (Wildman–Crippen LogP) is 1.78. The number of ether oxygens (including phenoxy) is 1. The SMILES string of the molecule is COCCN1CSC(=S)N(Cc2ccccn2)C1. The van der Waals surface area contributed by atoms with Gasteiger partial charge in [-0.3, -0.25) is 9.88 Å². The lowest BCUT2D eigenvalue weighted by Gasteiger charge is -2.36. The quantitative estimate of drug-likeness (QED) is 0.765. The van der Waals surface area contributed by atoms with Crippen LogP contribution in [0.25, 0.3) is 0 Å². The largest absolute Gasteiger partial charge is 0.383 e. The number of hydrogen-bond donors (Lipinski definition) is 0. The molecule has 1 aliphatic heterocycles. The summed E-state index contributed by atoms with van der Waals surface area (Å²) in [5.74, 6) is 0.945. The maximum Gasteiger partial charge on any atom is 0.139 e. The molecule has 0 radical (unpaired) electrons. The minimum atomic E-state index is 0.755. The van der Waals surface area contributed by atoms with Crippen LogP contribution in [0, 0.1) is 0 Å². The molecule has 6 heteroatoms. The lowest BCUT2D eigenvalue weighted by Crippen LogP contribution is -2.45. The monoisotopic (exact) mass is 283 g/mol. The van der Waals surface area contributed by atoms with Gasteiger partial charge in [-0.15, -0.1) is 0 Å². The molecule has 0 aromatic carbocycles. The molecule has 0 N–H and O–H groups in total. The molecular weight excluding hydrogens is 266 g/mol. The van der Waals surface area contributed by atoms with Crippen LogP contribution in [0.1, 0.15) is 5.69 Å². The van der Waals surface area contributed by atoms with Gasteiger partial charge in [0, 0.05) is 19.9 Å². The lowest BCUT2D eigenvalue weighted by molar-refractivity contribution is 0.131. The van der Waals surface area contributed by atoms with Crippen LogP contribution in [0.15, 0.2) is 24.4 Å².